The Morgan fingerprint density at radius 1 is 1.30 bits per heavy atom. The molecule has 1 saturated heterocycles. The molecule has 1 aromatic rings. The minimum Gasteiger partial charge on any atom is -0.296 e. The zero-order chi connectivity index (χ0) is 14.4. The van der Waals surface area contributed by atoms with E-state index in [1.165, 1.54) is 44.2 Å². The van der Waals surface area contributed by atoms with Gasteiger partial charge in [-0.3, -0.25) is 15.1 Å². The van der Waals surface area contributed by atoms with Crippen molar-refractivity contribution >= 4 is 5.91 Å². The first-order chi connectivity index (χ1) is 9.74. The van der Waals surface area contributed by atoms with Gasteiger partial charge in [-0.05, 0) is 43.5 Å². The predicted molar refractivity (Wildman–Crippen MR) is 81.1 cm³/mol. The van der Waals surface area contributed by atoms with E-state index in [-0.39, 0.29) is 5.91 Å². The number of nitrogens with one attached hydrogen (secondary N) is 1. The average molecular weight is 275 g/mol. The van der Waals surface area contributed by atoms with Gasteiger partial charge >= 0.3 is 0 Å². The van der Waals surface area contributed by atoms with Crippen molar-refractivity contribution in [3.8, 4) is 0 Å². The fourth-order valence-electron chi connectivity index (χ4n) is 2.99. The van der Waals surface area contributed by atoms with Crippen LogP contribution in [0, 0.1) is 0 Å². The zero-order valence-corrected chi connectivity index (χ0v) is 12.3. The van der Waals surface area contributed by atoms with Crippen molar-refractivity contribution in [2.75, 3.05) is 6.54 Å². The summed E-state index contributed by atoms with van der Waals surface area (Å²) in [4.78, 5) is 14.0. The van der Waals surface area contributed by atoms with Crippen LogP contribution >= 0.6 is 0 Å². The molecule has 1 fully saturated rings. The molecular formula is C16H25N3O. The molecule has 0 aromatic heterocycles. The summed E-state index contributed by atoms with van der Waals surface area (Å²) in [5.74, 6) is 4.90. The quantitative estimate of drug-likeness (QED) is 0.504. The number of hydrogen-bond donors (Lipinski definition) is 2. The molecule has 0 aliphatic carbocycles. The van der Waals surface area contributed by atoms with Gasteiger partial charge in [0.2, 0.25) is 0 Å². The molecule has 4 heteroatoms. The Balaban J connectivity index is 2.02. The highest BCUT2D eigenvalue weighted by molar-refractivity contribution is 5.93. The number of carbonyl (C=O) groups is 1. The number of hydrazine groups is 1. The molecule has 1 aliphatic rings. The van der Waals surface area contributed by atoms with Gasteiger partial charge < -0.3 is 0 Å². The molecule has 0 spiro atoms. The van der Waals surface area contributed by atoms with Crippen LogP contribution < -0.4 is 11.3 Å². The largest absolute Gasteiger partial charge is 0.296 e. The summed E-state index contributed by atoms with van der Waals surface area (Å²) >= 11 is 0. The van der Waals surface area contributed by atoms with Crippen LogP contribution in [0.5, 0.6) is 0 Å². The number of nitrogen functional groups attached to an aromatic ring is 1. The third-order valence-electron chi connectivity index (χ3n) is 4.20. The molecule has 2 rings (SSSR count). The molecule has 1 aliphatic heterocycles. The highest BCUT2D eigenvalue weighted by Crippen LogP contribution is 2.21. The molecule has 20 heavy (non-hydrogen) atoms. The van der Waals surface area contributed by atoms with E-state index in [2.05, 4.69) is 17.2 Å². The summed E-state index contributed by atoms with van der Waals surface area (Å²) in [6.07, 6.45) is 6.52. The van der Waals surface area contributed by atoms with Crippen molar-refractivity contribution in [3.63, 3.8) is 0 Å². The third kappa shape index (κ3) is 3.81. The lowest BCUT2D eigenvalue weighted by Gasteiger charge is -2.29. The normalized spacial score (nSPS) is 20.4. The molecule has 0 saturated carbocycles. The van der Waals surface area contributed by atoms with Gasteiger partial charge in [-0.25, -0.2) is 5.84 Å². The van der Waals surface area contributed by atoms with E-state index >= 15 is 0 Å². The van der Waals surface area contributed by atoms with E-state index in [4.69, 9.17) is 5.84 Å². The fraction of sp³-hybridized carbons (Fsp3) is 0.562. The van der Waals surface area contributed by atoms with E-state index < -0.39 is 0 Å². The van der Waals surface area contributed by atoms with Crippen LogP contribution in [0.2, 0.25) is 0 Å². The highest BCUT2D eigenvalue weighted by Gasteiger charge is 2.19. The topological polar surface area (TPSA) is 58.4 Å². The maximum absolute atomic E-state index is 11.4. The van der Waals surface area contributed by atoms with Crippen molar-refractivity contribution in [1.29, 1.82) is 0 Å². The summed E-state index contributed by atoms with van der Waals surface area (Å²) in [6.45, 7) is 4.43. The molecule has 1 aromatic carbocycles. The van der Waals surface area contributed by atoms with Gasteiger partial charge in [0.05, 0.1) is 0 Å². The maximum atomic E-state index is 11.4. The number of likely N-dealkylation sites (tertiary alicyclic amines) is 1. The SMILES string of the molecule is CCC1CCCCCN1Cc1ccc(C(=O)NN)cc1. The van der Waals surface area contributed by atoms with Crippen molar-refractivity contribution in [1.82, 2.24) is 10.3 Å². The average Bonchev–Trinajstić information content (AvgIpc) is 2.72. The van der Waals surface area contributed by atoms with E-state index in [9.17, 15) is 4.79 Å². The Bertz CT molecular complexity index is 430. The summed E-state index contributed by atoms with van der Waals surface area (Å²) in [6, 6.07) is 8.45. The van der Waals surface area contributed by atoms with Gasteiger partial charge in [0, 0.05) is 18.2 Å². The monoisotopic (exact) mass is 275 g/mol. The van der Waals surface area contributed by atoms with Crippen LogP contribution in [0.3, 0.4) is 0 Å². The zero-order valence-electron chi connectivity index (χ0n) is 12.3. The molecule has 3 N–H and O–H groups in total. The molecule has 1 atom stereocenters. The lowest BCUT2D eigenvalue weighted by atomic mass is 10.1. The highest BCUT2D eigenvalue weighted by atomic mass is 16.2. The molecule has 4 nitrogen and oxygen atoms in total. The van der Waals surface area contributed by atoms with Crippen molar-refractivity contribution in [2.45, 2.75) is 51.6 Å². The van der Waals surface area contributed by atoms with Crippen molar-refractivity contribution in [2.24, 2.45) is 5.84 Å². The number of benzene rings is 1. The van der Waals surface area contributed by atoms with Crippen LogP contribution in [-0.2, 0) is 6.54 Å². The van der Waals surface area contributed by atoms with Gasteiger partial charge in [-0.15, -0.1) is 0 Å². The van der Waals surface area contributed by atoms with Crippen molar-refractivity contribution in [3.05, 3.63) is 35.4 Å². The second kappa shape index (κ2) is 7.41. The van der Waals surface area contributed by atoms with Crippen LogP contribution in [0.25, 0.3) is 0 Å². The summed E-state index contributed by atoms with van der Waals surface area (Å²) in [7, 11) is 0. The Hall–Kier alpha value is -1.39. The second-order valence-electron chi connectivity index (χ2n) is 5.55. The molecule has 1 amide bonds. The van der Waals surface area contributed by atoms with E-state index in [0.717, 1.165) is 6.54 Å². The second-order valence-corrected chi connectivity index (χ2v) is 5.55. The Morgan fingerprint density at radius 3 is 2.70 bits per heavy atom. The van der Waals surface area contributed by atoms with Gasteiger partial charge in [0.15, 0.2) is 0 Å². The maximum Gasteiger partial charge on any atom is 0.265 e. The number of carbonyl (C=O) groups excluding carboxylic acids is 1. The lowest BCUT2D eigenvalue weighted by molar-refractivity contribution is 0.0953. The number of hydrogen-bond acceptors (Lipinski definition) is 3. The number of nitrogens with two attached hydrogens (primary N) is 1. The summed E-state index contributed by atoms with van der Waals surface area (Å²) in [5, 5.41) is 0. The first kappa shape index (κ1) is 15.0. The van der Waals surface area contributed by atoms with Gasteiger partial charge in [-0.1, -0.05) is 31.9 Å². The molecule has 0 bridgehead atoms. The van der Waals surface area contributed by atoms with Crippen LogP contribution in [0.1, 0.15) is 54.9 Å². The Morgan fingerprint density at radius 2 is 2.05 bits per heavy atom. The van der Waals surface area contributed by atoms with Gasteiger partial charge in [0.1, 0.15) is 0 Å². The number of amides is 1. The Labute approximate surface area is 121 Å². The molecule has 1 unspecified atom stereocenters. The first-order valence-corrected chi connectivity index (χ1v) is 7.58. The van der Waals surface area contributed by atoms with E-state index in [1.807, 2.05) is 24.3 Å². The molecule has 0 radical (unpaired) electrons. The van der Waals surface area contributed by atoms with Crippen molar-refractivity contribution < 1.29 is 4.79 Å². The van der Waals surface area contributed by atoms with E-state index in [0.29, 0.717) is 11.6 Å². The number of nitrogens with zero attached hydrogens (tertiary/aromatic N) is 1. The minimum absolute atomic E-state index is 0.238. The number of rotatable bonds is 4. The summed E-state index contributed by atoms with van der Waals surface area (Å²) < 4.78 is 0. The van der Waals surface area contributed by atoms with Crippen LogP contribution in [-0.4, -0.2) is 23.4 Å². The lowest BCUT2D eigenvalue weighted by Crippen LogP contribution is -2.33. The molecule has 1 heterocycles. The predicted octanol–water partition coefficient (Wildman–Crippen LogP) is 2.44. The standard InChI is InChI=1S/C16H25N3O/c1-2-15-6-4-3-5-11-19(15)12-13-7-9-14(10-8-13)16(20)18-17/h7-10,15H,2-6,11-12,17H2,1H3,(H,18,20). The summed E-state index contributed by atoms with van der Waals surface area (Å²) in [5.41, 5.74) is 4.03. The smallest absolute Gasteiger partial charge is 0.265 e. The molecule has 110 valence electrons. The van der Waals surface area contributed by atoms with E-state index in [1.54, 1.807) is 0 Å². The third-order valence-corrected chi connectivity index (χ3v) is 4.20. The van der Waals surface area contributed by atoms with Gasteiger partial charge in [0.25, 0.3) is 5.91 Å². The first-order valence-electron chi connectivity index (χ1n) is 7.58. The van der Waals surface area contributed by atoms with Crippen LogP contribution in [0.15, 0.2) is 24.3 Å². The molecular weight excluding hydrogens is 250 g/mol. The van der Waals surface area contributed by atoms with Gasteiger partial charge in [-0.2, -0.15) is 0 Å². The van der Waals surface area contributed by atoms with Crippen LogP contribution in [0.4, 0.5) is 0 Å². The fourth-order valence-corrected chi connectivity index (χ4v) is 2.99. The minimum atomic E-state index is -0.238. The Kier molecular flexibility index (Phi) is 5.56.